The standard InChI is InChI=1S/C19H17F3N2O6/c1-17-11-12(18(30-17,4-5-25)14(27)13(17)26)16(29)24(15(11)28)9-3-2-8(7-23)10(6-9)19(20,21)22/h2-3,6,11-14,25-27H,4-5H2,1H3/t11?,12?,13-,14+,17+,18-/m1/s1. The second kappa shape index (κ2) is 6.24. The Morgan fingerprint density at radius 2 is 1.83 bits per heavy atom. The van der Waals surface area contributed by atoms with E-state index in [9.17, 15) is 38.1 Å². The highest BCUT2D eigenvalue weighted by Gasteiger charge is 2.80. The number of amides is 2. The van der Waals surface area contributed by atoms with Crippen LogP contribution in [0.2, 0.25) is 0 Å². The van der Waals surface area contributed by atoms with E-state index in [0.717, 1.165) is 12.1 Å². The number of imide groups is 1. The number of alkyl halides is 3. The molecule has 2 bridgehead atoms. The summed E-state index contributed by atoms with van der Waals surface area (Å²) in [4.78, 5) is 26.9. The number of hydrogen-bond donors (Lipinski definition) is 3. The predicted molar refractivity (Wildman–Crippen MR) is 91.6 cm³/mol. The van der Waals surface area contributed by atoms with Gasteiger partial charge in [-0.2, -0.15) is 18.4 Å². The number of rotatable bonds is 3. The lowest BCUT2D eigenvalue weighted by atomic mass is 9.64. The second-order valence-electron chi connectivity index (χ2n) is 7.91. The lowest BCUT2D eigenvalue weighted by Crippen LogP contribution is -2.58. The molecule has 11 heteroatoms. The SMILES string of the molecule is C[C@]12O[C@](CCO)(C3C(=O)N(c4ccc(C#N)c(C(F)(F)F)c4)C(=O)C31)[C@@H](O)[C@H]2O. The van der Waals surface area contributed by atoms with Crippen LogP contribution in [0.15, 0.2) is 18.2 Å². The Balaban J connectivity index is 1.83. The van der Waals surface area contributed by atoms with Crippen LogP contribution in [0, 0.1) is 23.2 Å². The normalized spacial score (nSPS) is 37.6. The van der Waals surface area contributed by atoms with E-state index in [2.05, 4.69) is 0 Å². The molecule has 4 rings (SSSR count). The number of fused-ring (bicyclic) bond motifs is 5. The van der Waals surface area contributed by atoms with E-state index in [0.29, 0.717) is 11.0 Å². The maximum atomic E-state index is 13.3. The zero-order valence-electron chi connectivity index (χ0n) is 15.6. The summed E-state index contributed by atoms with van der Waals surface area (Å²) in [6.07, 6.45) is -8.25. The Morgan fingerprint density at radius 3 is 2.40 bits per heavy atom. The van der Waals surface area contributed by atoms with Gasteiger partial charge in [0, 0.05) is 13.0 Å². The van der Waals surface area contributed by atoms with Crippen LogP contribution >= 0.6 is 0 Å². The van der Waals surface area contributed by atoms with Crippen molar-refractivity contribution in [1.82, 2.24) is 0 Å². The molecule has 3 saturated heterocycles. The van der Waals surface area contributed by atoms with Gasteiger partial charge in [0.2, 0.25) is 11.8 Å². The third kappa shape index (κ3) is 2.36. The van der Waals surface area contributed by atoms with Gasteiger partial charge < -0.3 is 20.1 Å². The molecule has 1 aromatic rings. The molecule has 8 nitrogen and oxygen atoms in total. The lowest BCUT2D eigenvalue weighted by Gasteiger charge is -2.37. The van der Waals surface area contributed by atoms with Crippen LogP contribution < -0.4 is 4.90 Å². The van der Waals surface area contributed by atoms with Gasteiger partial charge in [0.1, 0.15) is 23.4 Å². The van der Waals surface area contributed by atoms with E-state index in [1.807, 2.05) is 0 Å². The molecular weight excluding hydrogens is 409 g/mol. The molecule has 2 amide bonds. The third-order valence-corrected chi connectivity index (χ3v) is 6.44. The van der Waals surface area contributed by atoms with Crippen LogP contribution in [-0.4, -0.2) is 57.2 Å². The molecule has 3 heterocycles. The van der Waals surface area contributed by atoms with Crippen molar-refractivity contribution in [2.24, 2.45) is 11.8 Å². The van der Waals surface area contributed by atoms with Crippen molar-refractivity contribution >= 4 is 17.5 Å². The fourth-order valence-corrected chi connectivity index (χ4v) is 5.13. The summed E-state index contributed by atoms with van der Waals surface area (Å²) in [6.45, 7) is 0.832. The first-order chi connectivity index (χ1) is 13.9. The molecule has 0 spiro atoms. The van der Waals surface area contributed by atoms with Gasteiger partial charge in [0.15, 0.2) is 0 Å². The molecule has 160 valence electrons. The first-order valence-electron chi connectivity index (χ1n) is 9.10. The number of nitrogens with zero attached hydrogens (tertiary/aromatic N) is 2. The number of carbonyl (C=O) groups is 2. The number of aliphatic hydroxyl groups excluding tert-OH is 3. The van der Waals surface area contributed by atoms with Crippen molar-refractivity contribution in [3.05, 3.63) is 29.3 Å². The van der Waals surface area contributed by atoms with Crippen molar-refractivity contribution in [2.45, 2.75) is 42.9 Å². The summed E-state index contributed by atoms with van der Waals surface area (Å²) < 4.78 is 45.8. The first kappa shape index (κ1) is 20.7. The quantitative estimate of drug-likeness (QED) is 0.594. The molecule has 0 aromatic heterocycles. The molecule has 0 saturated carbocycles. The van der Waals surface area contributed by atoms with Crippen molar-refractivity contribution in [1.29, 1.82) is 5.26 Å². The van der Waals surface area contributed by atoms with Gasteiger partial charge >= 0.3 is 6.18 Å². The average Bonchev–Trinajstić information content (AvgIpc) is 3.18. The molecule has 0 radical (unpaired) electrons. The van der Waals surface area contributed by atoms with E-state index >= 15 is 0 Å². The van der Waals surface area contributed by atoms with Crippen LogP contribution in [0.1, 0.15) is 24.5 Å². The van der Waals surface area contributed by atoms with Crippen molar-refractivity contribution in [3.63, 3.8) is 0 Å². The first-order valence-corrected chi connectivity index (χ1v) is 9.10. The summed E-state index contributed by atoms with van der Waals surface area (Å²) in [6, 6.07) is 3.90. The number of halogens is 3. The number of nitriles is 1. The maximum absolute atomic E-state index is 13.3. The third-order valence-electron chi connectivity index (χ3n) is 6.44. The van der Waals surface area contributed by atoms with Crippen molar-refractivity contribution in [2.75, 3.05) is 11.5 Å². The van der Waals surface area contributed by atoms with Crippen LogP contribution in [0.4, 0.5) is 18.9 Å². The Morgan fingerprint density at radius 1 is 1.20 bits per heavy atom. The molecule has 3 aliphatic rings. The summed E-state index contributed by atoms with van der Waals surface area (Å²) in [5.41, 5.74) is -5.73. The second-order valence-corrected chi connectivity index (χ2v) is 7.91. The van der Waals surface area contributed by atoms with Gasteiger partial charge in [0.25, 0.3) is 0 Å². The molecule has 3 N–H and O–H groups in total. The number of ether oxygens (including phenoxy) is 1. The molecule has 3 fully saturated rings. The number of benzene rings is 1. The van der Waals surface area contributed by atoms with Crippen LogP contribution in [0.5, 0.6) is 0 Å². The Labute approximate surface area is 168 Å². The largest absolute Gasteiger partial charge is 0.417 e. The number of anilines is 1. The highest BCUT2D eigenvalue weighted by Crippen LogP contribution is 2.62. The van der Waals surface area contributed by atoms with Gasteiger partial charge in [-0.05, 0) is 25.1 Å². The highest BCUT2D eigenvalue weighted by atomic mass is 19.4. The fraction of sp³-hybridized carbons (Fsp3) is 0.526. The van der Waals surface area contributed by atoms with Crippen LogP contribution in [-0.2, 0) is 20.5 Å². The molecule has 30 heavy (non-hydrogen) atoms. The van der Waals surface area contributed by atoms with Crippen molar-refractivity contribution < 1.29 is 42.8 Å². The maximum Gasteiger partial charge on any atom is 0.417 e. The Kier molecular flexibility index (Phi) is 4.32. The zero-order valence-corrected chi connectivity index (χ0v) is 15.6. The lowest BCUT2D eigenvalue weighted by molar-refractivity contribution is -0.139. The molecule has 2 unspecified atom stereocenters. The topological polar surface area (TPSA) is 131 Å². The summed E-state index contributed by atoms with van der Waals surface area (Å²) in [5.74, 6) is -4.31. The van der Waals surface area contributed by atoms with Crippen LogP contribution in [0.25, 0.3) is 0 Å². The van der Waals surface area contributed by atoms with E-state index in [1.54, 1.807) is 0 Å². The minimum absolute atomic E-state index is 0.254. The van der Waals surface area contributed by atoms with Gasteiger partial charge in [-0.1, -0.05) is 0 Å². The smallest absolute Gasteiger partial charge is 0.396 e. The minimum Gasteiger partial charge on any atom is -0.396 e. The molecular formula is C19H17F3N2O6. The molecule has 6 atom stereocenters. The molecule has 0 aliphatic carbocycles. The van der Waals surface area contributed by atoms with Crippen LogP contribution in [0.3, 0.4) is 0 Å². The van der Waals surface area contributed by atoms with E-state index < -0.39 is 71.0 Å². The monoisotopic (exact) mass is 426 g/mol. The summed E-state index contributed by atoms with van der Waals surface area (Å²) in [7, 11) is 0. The minimum atomic E-state index is -4.89. The van der Waals surface area contributed by atoms with E-state index in [4.69, 9.17) is 10.00 Å². The Hall–Kier alpha value is -2.52. The van der Waals surface area contributed by atoms with Gasteiger partial charge in [-0.15, -0.1) is 0 Å². The Bertz CT molecular complexity index is 991. The number of hydrogen-bond acceptors (Lipinski definition) is 7. The van der Waals surface area contributed by atoms with Crippen molar-refractivity contribution in [3.8, 4) is 6.07 Å². The van der Waals surface area contributed by atoms with E-state index in [1.165, 1.54) is 13.0 Å². The molecule has 1 aromatic carbocycles. The van der Waals surface area contributed by atoms with Gasteiger partial charge in [-0.25, -0.2) is 4.90 Å². The summed E-state index contributed by atoms with van der Waals surface area (Å²) in [5, 5.41) is 39.3. The predicted octanol–water partition coefficient (Wildman–Crippen LogP) is 0.328. The number of carbonyl (C=O) groups excluding carboxylic acids is 2. The number of aliphatic hydroxyl groups is 3. The summed E-state index contributed by atoms with van der Waals surface area (Å²) >= 11 is 0. The fourth-order valence-electron chi connectivity index (χ4n) is 5.13. The van der Waals surface area contributed by atoms with E-state index in [-0.39, 0.29) is 12.1 Å². The molecule has 3 aliphatic heterocycles. The van der Waals surface area contributed by atoms with Gasteiger partial charge in [0.05, 0.1) is 34.7 Å². The average molecular weight is 426 g/mol. The zero-order chi connectivity index (χ0) is 22.2. The highest BCUT2D eigenvalue weighted by molar-refractivity contribution is 6.23. The van der Waals surface area contributed by atoms with Gasteiger partial charge in [-0.3, -0.25) is 9.59 Å².